The molecule has 0 N–H and O–H groups in total. The van der Waals surface area contributed by atoms with Gasteiger partial charge in [0, 0.05) is 0 Å². The van der Waals surface area contributed by atoms with Crippen LogP contribution in [0.15, 0.2) is 24.3 Å². The second-order valence-electron chi connectivity index (χ2n) is 11.8. The Morgan fingerprint density at radius 2 is 0.707 bits per heavy atom. The summed E-state index contributed by atoms with van der Waals surface area (Å²) in [4.78, 5) is 0. The predicted molar refractivity (Wildman–Crippen MR) is 199 cm³/mol. The van der Waals surface area contributed by atoms with Crippen molar-refractivity contribution in [3.8, 4) is 0 Å². The first-order valence-electron chi connectivity index (χ1n) is 17.4. The highest BCUT2D eigenvalue weighted by Crippen LogP contribution is 2.13. The van der Waals surface area contributed by atoms with Crippen LogP contribution in [0.2, 0.25) is 0 Å². The van der Waals surface area contributed by atoms with Gasteiger partial charge in [0.25, 0.3) is 0 Å². The number of rotatable bonds is 34. The molecular weight excluding hydrogens is 734 g/mol. The van der Waals surface area contributed by atoms with Gasteiger partial charge in [0.2, 0.25) is 0 Å². The maximum absolute atomic E-state index is 5.78. The highest BCUT2D eigenvalue weighted by molar-refractivity contribution is 14.1. The number of allylic oxidation sites excluding steroid dienone is 4. The van der Waals surface area contributed by atoms with Crippen LogP contribution in [0.25, 0.3) is 0 Å². The molecule has 0 aliphatic rings. The van der Waals surface area contributed by atoms with Gasteiger partial charge in [-0.05, 0) is 86.9 Å². The summed E-state index contributed by atoms with van der Waals surface area (Å²) < 4.78 is 19.7. The molecule has 0 amide bonds. The fraction of sp³-hybridized carbons (Fsp3) is 0.889. The van der Waals surface area contributed by atoms with Gasteiger partial charge in [0.1, 0.15) is 13.6 Å². The summed E-state index contributed by atoms with van der Waals surface area (Å²) in [5.74, 6) is 0. The van der Waals surface area contributed by atoms with Crippen LogP contribution >= 0.6 is 45.2 Å². The Labute approximate surface area is 284 Å². The van der Waals surface area contributed by atoms with Gasteiger partial charge in [0.15, 0.2) is 0 Å². The Hall–Kier alpha value is 0.820. The number of alkyl halides is 2. The van der Waals surface area contributed by atoms with Crippen molar-refractivity contribution in [1.29, 1.82) is 0 Å². The van der Waals surface area contributed by atoms with E-state index in [0.717, 1.165) is 25.7 Å². The number of hydrogen-bond donors (Lipinski definition) is 0. The van der Waals surface area contributed by atoms with Crippen LogP contribution in [0.5, 0.6) is 0 Å². The number of halogens is 2. The summed E-state index contributed by atoms with van der Waals surface area (Å²) in [6, 6.07) is 0. The van der Waals surface area contributed by atoms with E-state index in [-0.39, 0.29) is 12.2 Å². The largest absolute Gasteiger partial charge is 0.352 e. The Morgan fingerprint density at radius 3 is 1.05 bits per heavy atom. The monoisotopic (exact) mass is 802 g/mol. The molecule has 0 bridgehead atoms. The maximum Gasteiger partial charge on any atom is 0.149 e. The van der Waals surface area contributed by atoms with Crippen LogP contribution < -0.4 is 0 Å². The van der Waals surface area contributed by atoms with Crippen LogP contribution in [-0.4, -0.2) is 34.6 Å². The van der Waals surface area contributed by atoms with Crippen molar-refractivity contribution in [3.63, 3.8) is 0 Å². The fourth-order valence-corrected chi connectivity index (χ4v) is 5.93. The lowest BCUT2D eigenvalue weighted by Gasteiger charge is -2.14. The van der Waals surface area contributed by atoms with Gasteiger partial charge in [0.05, 0.1) is 12.2 Å². The normalized spacial score (nSPS) is 13.6. The van der Waals surface area contributed by atoms with Crippen LogP contribution in [0.1, 0.15) is 168 Å². The quantitative estimate of drug-likeness (QED) is 0.0213. The van der Waals surface area contributed by atoms with Crippen LogP contribution in [0, 0.1) is 0 Å². The molecule has 0 aromatic carbocycles. The molecule has 244 valence electrons. The van der Waals surface area contributed by atoms with Crippen molar-refractivity contribution in [2.45, 2.75) is 180 Å². The minimum Gasteiger partial charge on any atom is -0.352 e. The topological polar surface area (TPSA) is 27.7 Å². The highest BCUT2D eigenvalue weighted by atomic mass is 127. The van der Waals surface area contributed by atoms with Crippen molar-refractivity contribution >= 4 is 45.2 Å². The van der Waals surface area contributed by atoms with Gasteiger partial charge in [-0.1, -0.05) is 159 Å². The Balaban J connectivity index is 3.36. The van der Waals surface area contributed by atoms with Gasteiger partial charge in [-0.15, -0.1) is 0 Å². The molecule has 3 nitrogen and oxygen atoms in total. The van der Waals surface area contributed by atoms with Crippen LogP contribution in [0.4, 0.5) is 0 Å². The zero-order chi connectivity index (χ0) is 29.9. The molecule has 0 aromatic rings. The lowest BCUT2D eigenvalue weighted by Crippen LogP contribution is -2.15. The summed E-state index contributed by atoms with van der Waals surface area (Å²) in [6.07, 6.45) is 41.8. The minimum atomic E-state index is 0.217. The van der Waals surface area contributed by atoms with E-state index in [2.05, 4.69) is 83.3 Å². The SMILES string of the molecule is CC(CCC=CCCCCCCCCCCCI)OCOCOC(C)CCC=CCCCCCCCCCCCI. The number of ether oxygens (including phenoxy) is 3. The summed E-state index contributed by atoms with van der Waals surface area (Å²) in [6.45, 7) is 4.89. The molecule has 0 heterocycles. The summed E-state index contributed by atoms with van der Waals surface area (Å²) in [7, 11) is 0. The van der Waals surface area contributed by atoms with Gasteiger partial charge in [-0.3, -0.25) is 0 Å². The van der Waals surface area contributed by atoms with Crippen molar-refractivity contribution in [1.82, 2.24) is 0 Å². The molecule has 0 aromatic heterocycles. The van der Waals surface area contributed by atoms with E-state index in [0.29, 0.717) is 13.6 Å². The molecule has 41 heavy (non-hydrogen) atoms. The van der Waals surface area contributed by atoms with E-state index in [1.807, 2.05) is 0 Å². The molecule has 2 atom stereocenters. The average molecular weight is 803 g/mol. The molecule has 0 fully saturated rings. The third-order valence-corrected chi connectivity index (χ3v) is 9.22. The average Bonchev–Trinajstić information content (AvgIpc) is 2.97. The first-order valence-corrected chi connectivity index (χ1v) is 20.5. The number of unbranched alkanes of at least 4 members (excludes halogenated alkanes) is 18. The standard InChI is InChI=1S/C36H68I2O3/c1-35(29-25-21-17-13-9-5-3-7-11-15-19-23-27-31-37)40-33-39-34-41-36(2)30-26-22-18-14-10-6-4-8-12-16-20-24-28-32-38/h17-18,21-22,35-36H,3-16,19-20,23-34H2,1-2H3. The summed E-state index contributed by atoms with van der Waals surface area (Å²) in [5, 5.41) is 0. The second kappa shape index (κ2) is 37.0. The molecule has 5 heteroatoms. The Bertz CT molecular complexity index is 495. The third kappa shape index (κ3) is 36.9. The molecular formula is C36H68I2O3. The molecule has 0 spiro atoms. The molecule has 2 unspecified atom stereocenters. The maximum atomic E-state index is 5.78. The fourth-order valence-electron chi connectivity index (χ4n) is 4.85. The van der Waals surface area contributed by atoms with Gasteiger partial charge >= 0.3 is 0 Å². The van der Waals surface area contributed by atoms with E-state index in [1.54, 1.807) is 0 Å². The molecule has 0 aliphatic carbocycles. The van der Waals surface area contributed by atoms with Crippen molar-refractivity contribution in [2.24, 2.45) is 0 Å². The highest BCUT2D eigenvalue weighted by Gasteiger charge is 2.03. The smallest absolute Gasteiger partial charge is 0.149 e. The third-order valence-electron chi connectivity index (χ3n) is 7.69. The first-order chi connectivity index (χ1) is 20.2. The van der Waals surface area contributed by atoms with Crippen molar-refractivity contribution < 1.29 is 14.2 Å². The zero-order valence-corrected chi connectivity index (χ0v) is 31.6. The van der Waals surface area contributed by atoms with Gasteiger partial charge < -0.3 is 14.2 Å². The summed E-state index contributed by atoms with van der Waals surface area (Å²) in [5.41, 5.74) is 0. The Morgan fingerprint density at radius 1 is 0.415 bits per heavy atom. The Kier molecular flexibility index (Phi) is 37.7. The molecule has 0 saturated heterocycles. The van der Waals surface area contributed by atoms with E-state index in [1.165, 1.54) is 137 Å². The van der Waals surface area contributed by atoms with Crippen LogP contribution in [-0.2, 0) is 14.2 Å². The van der Waals surface area contributed by atoms with E-state index in [9.17, 15) is 0 Å². The molecule has 0 saturated carbocycles. The van der Waals surface area contributed by atoms with Crippen LogP contribution in [0.3, 0.4) is 0 Å². The van der Waals surface area contributed by atoms with E-state index < -0.39 is 0 Å². The van der Waals surface area contributed by atoms with Gasteiger partial charge in [-0.2, -0.15) is 0 Å². The molecule has 0 aliphatic heterocycles. The van der Waals surface area contributed by atoms with E-state index >= 15 is 0 Å². The van der Waals surface area contributed by atoms with E-state index in [4.69, 9.17) is 14.2 Å². The minimum absolute atomic E-state index is 0.217. The lowest BCUT2D eigenvalue weighted by atomic mass is 10.1. The lowest BCUT2D eigenvalue weighted by molar-refractivity contribution is -0.160. The van der Waals surface area contributed by atoms with Crippen molar-refractivity contribution in [3.05, 3.63) is 24.3 Å². The second-order valence-corrected chi connectivity index (χ2v) is 14.0. The zero-order valence-electron chi connectivity index (χ0n) is 27.2. The van der Waals surface area contributed by atoms with Crippen molar-refractivity contribution in [2.75, 3.05) is 22.4 Å². The van der Waals surface area contributed by atoms with Gasteiger partial charge in [-0.25, -0.2) is 0 Å². The molecule has 0 radical (unpaired) electrons. The number of hydrogen-bond acceptors (Lipinski definition) is 3. The summed E-state index contributed by atoms with van der Waals surface area (Å²) >= 11 is 4.97. The first kappa shape index (κ1) is 41.8. The predicted octanol–water partition coefficient (Wildman–Crippen LogP) is 13.1. The molecule has 0 rings (SSSR count).